The Morgan fingerprint density at radius 1 is 1.03 bits per heavy atom. The number of benzene rings is 2. The van der Waals surface area contributed by atoms with Crippen LogP contribution in [0.25, 0.3) is 12.2 Å². The van der Waals surface area contributed by atoms with Gasteiger partial charge in [0.2, 0.25) is 0 Å². The molecule has 2 aromatic carbocycles. The fourth-order valence-corrected chi connectivity index (χ4v) is 2.93. The highest BCUT2D eigenvalue weighted by Gasteiger charge is 2.19. The Hall–Kier alpha value is -3.36. The van der Waals surface area contributed by atoms with Crippen molar-refractivity contribution in [1.82, 2.24) is 9.97 Å². The maximum atomic E-state index is 11.7. The van der Waals surface area contributed by atoms with Crippen LogP contribution in [0, 0.1) is 10.1 Å². The molecule has 3 aromatic rings. The summed E-state index contributed by atoms with van der Waals surface area (Å²) in [5.74, 6) is 0.445. The van der Waals surface area contributed by atoms with E-state index in [0.29, 0.717) is 21.4 Å². The zero-order valence-corrected chi connectivity index (χ0v) is 16.2. The van der Waals surface area contributed by atoms with Gasteiger partial charge in [0, 0.05) is 15.6 Å². The fraction of sp³-hybridized carbons (Fsp3) is 0.0526. The zero-order chi connectivity index (χ0) is 21.0. The minimum Gasteiger partial charge on any atom is -0.488 e. The van der Waals surface area contributed by atoms with Crippen molar-refractivity contribution < 1.29 is 9.66 Å². The van der Waals surface area contributed by atoms with Crippen molar-refractivity contribution in [3.8, 4) is 5.75 Å². The van der Waals surface area contributed by atoms with Gasteiger partial charge in [-0.25, -0.2) is 4.79 Å². The van der Waals surface area contributed by atoms with Crippen molar-refractivity contribution in [1.29, 1.82) is 0 Å². The Bertz CT molecular complexity index is 1220. The van der Waals surface area contributed by atoms with Crippen LogP contribution in [0.15, 0.2) is 52.1 Å². The third-order valence-electron chi connectivity index (χ3n) is 3.81. The monoisotopic (exact) mass is 433 g/mol. The molecule has 0 spiro atoms. The number of H-pyrrole nitrogens is 2. The summed E-state index contributed by atoms with van der Waals surface area (Å²) in [5.41, 5.74) is -1.63. The van der Waals surface area contributed by atoms with Gasteiger partial charge < -0.3 is 9.72 Å². The Morgan fingerprint density at radius 3 is 2.52 bits per heavy atom. The average Bonchev–Trinajstić information content (AvgIpc) is 2.64. The van der Waals surface area contributed by atoms with E-state index in [1.165, 1.54) is 12.2 Å². The van der Waals surface area contributed by atoms with E-state index in [1.54, 1.807) is 36.4 Å². The van der Waals surface area contributed by atoms with Gasteiger partial charge in [0.1, 0.15) is 18.1 Å². The molecule has 2 N–H and O–H groups in total. The smallest absolute Gasteiger partial charge is 0.357 e. The molecule has 0 aliphatic rings. The summed E-state index contributed by atoms with van der Waals surface area (Å²) in [5, 5.41) is 12.1. The maximum absolute atomic E-state index is 11.7. The maximum Gasteiger partial charge on any atom is 0.357 e. The Labute approximate surface area is 173 Å². The van der Waals surface area contributed by atoms with E-state index in [2.05, 4.69) is 4.98 Å². The molecule has 1 aromatic heterocycles. The Morgan fingerprint density at radius 2 is 1.79 bits per heavy atom. The number of hydrogen-bond donors (Lipinski definition) is 2. The number of halogens is 2. The number of aromatic amines is 2. The van der Waals surface area contributed by atoms with Gasteiger partial charge in [-0.1, -0.05) is 35.3 Å². The highest BCUT2D eigenvalue weighted by Crippen LogP contribution is 2.26. The predicted molar refractivity (Wildman–Crippen MR) is 111 cm³/mol. The molecule has 0 atom stereocenters. The summed E-state index contributed by atoms with van der Waals surface area (Å²) in [6.45, 7) is 0.227. The second-order valence-electron chi connectivity index (χ2n) is 5.86. The van der Waals surface area contributed by atoms with Crippen molar-refractivity contribution in [2.45, 2.75) is 6.61 Å². The molecule has 0 saturated carbocycles. The van der Waals surface area contributed by atoms with Crippen LogP contribution in [0.5, 0.6) is 5.75 Å². The van der Waals surface area contributed by atoms with Crippen molar-refractivity contribution in [3.63, 3.8) is 0 Å². The van der Waals surface area contributed by atoms with E-state index >= 15 is 0 Å². The SMILES string of the molecule is O=c1[nH]c(C=Cc2cc(Cl)ccc2OCc2cccc(Cl)c2)c([N+](=O)[O-])c(=O)[nH]1. The fourth-order valence-electron chi connectivity index (χ4n) is 2.54. The molecule has 0 unspecified atom stereocenters. The number of ether oxygens (including phenoxy) is 1. The minimum atomic E-state index is -1.10. The van der Waals surface area contributed by atoms with E-state index in [1.807, 2.05) is 11.1 Å². The Kier molecular flexibility index (Phi) is 6.16. The molecule has 3 rings (SSSR count). The van der Waals surface area contributed by atoms with E-state index in [-0.39, 0.29) is 12.3 Å². The topological polar surface area (TPSA) is 118 Å². The normalized spacial score (nSPS) is 11.0. The number of rotatable bonds is 6. The molecule has 0 bridgehead atoms. The molecule has 10 heteroatoms. The third kappa shape index (κ3) is 5.13. The Balaban J connectivity index is 1.94. The number of nitro groups is 1. The second-order valence-corrected chi connectivity index (χ2v) is 6.73. The van der Waals surface area contributed by atoms with Crippen LogP contribution in [-0.2, 0) is 6.61 Å². The van der Waals surface area contributed by atoms with Crippen LogP contribution >= 0.6 is 23.2 Å². The van der Waals surface area contributed by atoms with E-state index < -0.39 is 21.9 Å². The molecule has 0 saturated heterocycles. The molecule has 0 amide bonds. The first-order valence-electron chi connectivity index (χ1n) is 8.19. The van der Waals surface area contributed by atoms with Gasteiger partial charge in [-0.15, -0.1) is 0 Å². The predicted octanol–water partition coefficient (Wildman–Crippen LogP) is 4.03. The van der Waals surface area contributed by atoms with Gasteiger partial charge in [0.25, 0.3) is 0 Å². The highest BCUT2D eigenvalue weighted by atomic mass is 35.5. The van der Waals surface area contributed by atoms with Crippen LogP contribution in [0.4, 0.5) is 5.69 Å². The molecule has 1 heterocycles. The second kappa shape index (κ2) is 8.76. The largest absolute Gasteiger partial charge is 0.488 e. The van der Waals surface area contributed by atoms with Crippen LogP contribution in [0.1, 0.15) is 16.8 Å². The number of aromatic nitrogens is 2. The first-order chi connectivity index (χ1) is 13.8. The van der Waals surface area contributed by atoms with Crippen molar-refractivity contribution in [2.75, 3.05) is 0 Å². The van der Waals surface area contributed by atoms with Crippen molar-refractivity contribution in [3.05, 3.63) is 100 Å². The lowest BCUT2D eigenvalue weighted by Gasteiger charge is -2.10. The summed E-state index contributed by atoms with van der Waals surface area (Å²) in [4.78, 5) is 37.5. The molecule has 0 radical (unpaired) electrons. The summed E-state index contributed by atoms with van der Waals surface area (Å²) in [6.07, 6.45) is 2.70. The highest BCUT2D eigenvalue weighted by molar-refractivity contribution is 6.31. The van der Waals surface area contributed by atoms with Crippen molar-refractivity contribution in [2.24, 2.45) is 0 Å². The summed E-state index contributed by atoms with van der Waals surface area (Å²) < 4.78 is 5.80. The van der Waals surface area contributed by atoms with Gasteiger partial charge in [-0.2, -0.15) is 0 Å². The average molecular weight is 434 g/mol. The molecule has 29 heavy (non-hydrogen) atoms. The quantitative estimate of drug-likeness (QED) is 0.449. The lowest BCUT2D eigenvalue weighted by Crippen LogP contribution is -2.25. The van der Waals surface area contributed by atoms with Crippen LogP contribution in [0.2, 0.25) is 10.0 Å². The zero-order valence-electron chi connectivity index (χ0n) is 14.6. The van der Waals surface area contributed by atoms with Gasteiger partial charge in [-0.05, 0) is 48.0 Å². The molecule has 148 valence electrons. The number of hydrogen-bond acceptors (Lipinski definition) is 5. The van der Waals surface area contributed by atoms with E-state index in [0.717, 1.165) is 5.56 Å². The first kappa shape index (κ1) is 20.4. The third-order valence-corrected chi connectivity index (χ3v) is 4.28. The van der Waals surface area contributed by atoms with Crippen molar-refractivity contribution >= 4 is 41.0 Å². The minimum absolute atomic E-state index is 0.227. The number of nitrogens with one attached hydrogen (secondary N) is 2. The summed E-state index contributed by atoms with van der Waals surface area (Å²) in [6, 6.07) is 12.0. The van der Waals surface area contributed by atoms with Gasteiger partial charge in [0.05, 0.1) is 4.92 Å². The molecular formula is C19H13Cl2N3O5. The lowest BCUT2D eigenvalue weighted by molar-refractivity contribution is -0.386. The lowest BCUT2D eigenvalue weighted by atomic mass is 10.1. The molecular weight excluding hydrogens is 421 g/mol. The first-order valence-corrected chi connectivity index (χ1v) is 8.95. The van der Waals surface area contributed by atoms with E-state index in [9.17, 15) is 19.7 Å². The summed E-state index contributed by atoms with van der Waals surface area (Å²) >= 11 is 12.0. The van der Waals surface area contributed by atoms with Crippen LogP contribution < -0.4 is 16.0 Å². The molecule has 0 aliphatic carbocycles. The van der Waals surface area contributed by atoms with Gasteiger partial charge >= 0.3 is 16.9 Å². The standard InChI is InChI=1S/C19H13Cl2N3O5/c20-13-3-1-2-11(8-13)10-29-16-7-5-14(21)9-12(16)4-6-15-17(24(27)28)18(25)23-19(26)22-15/h1-9H,10H2,(H2,22,23,25,26). The summed E-state index contributed by atoms with van der Waals surface area (Å²) in [7, 11) is 0. The number of nitrogens with zero attached hydrogens (tertiary/aromatic N) is 1. The van der Waals surface area contributed by atoms with Crippen LogP contribution in [0.3, 0.4) is 0 Å². The van der Waals surface area contributed by atoms with Crippen LogP contribution in [-0.4, -0.2) is 14.9 Å². The molecule has 8 nitrogen and oxygen atoms in total. The molecule has 0 aliphatic heterocycles. The van der Waals surface area contributed by atoms with Gasteiger partial charge in [-0.3, -0.25) is 19.9 Å². The van der Waals surface area contributed by atoms with E-state index in [4.69, 9.17) is 27.9 Å². The molecule has 0 fully saturated rings. The van der Waals surface area contributed by atoms with Gasteiger partial charge in [0.15, 0.2) is 0 Å².